The van der Waals surface area contributed by atoms with Gasteiger partial charge in [-0.3, -0.25) is 9.59 Å². The molecule has 0 bridgehead atoms. The summed E-state index contributed by atoms with van der Waals surface area (Å²) >= 11 is 0. The lowest BCUT2D eigenvalue weighted by Gasteiger charge is -2.41. The zero-order chi connectivity index (χ0) is 18.5. The molecule has 2 fully saturated rings. The quantitative estimate of drug-likeness (QED) is 0.796. The minimum absolute atomic E-state index is 0.00582. The van der Waals surface area contributed by atoms with Crippen LogP contribution in [0.15, 0.2) is 30.3 Å². The molecule has 0 aromatic heterocycles. The molecule has 1 aromatic carbocycles. The molecule has 0 spiro atoms. The second-order valence-electron chi connectivity index (χ2n) is 6.71. The molecule has 2 heterocycles. The largest absolute Gasteiger partial charge is 0.467 e. The summed E-state index contributed by atoms with van der Waals surface area (Å²) in [6, 6.07) is 8.22. The first-order chi connectivity index (χ1) is 12.6. The van der Waals surface area contributed by atoms with E-state index in [9.17, 15) is 14.4 Å². The molecule has 2 aliphatic rings. The van der Waals surface area contributed by atoms with Gasteiger partial charge in [-0.1, -0.05) is 18.2 Å². The number of carbonyl (C=O) groups excluding carboxylic acids is 3. The SMILES string of the molecule is COC(=O)[C@@H]1CN(C(=O)c2ccccc2)CCN1C(=O)C1CCNCC1. The molecule has 1 aromatic rings. The van der Waals surface area contributed by atoms with Crippen molar-refractivity contribution < 1.29 is 19.1 Å². The standard InChI is InChI=1S/C19H25N3O4/c1-26-19(25)16-13-21(17(23)14-5-3-2-4-6-14)11-12-22(16)18(24)15-7-9-20-10-8-15/h2-6,15-16,20H,7-13H2,1H3/t16-/m0/s1. The van der Waals surface area contributed by atoms with Gasteiger partial charge in [0.25, 0.3) is 5.91 Å². The van der Waals surface area contributed by atoms with E-state index in [1.807, 2.05) is 18.2 Å². The fourth-order valence-electron chi connectivity index (χ4n) is 3.64. The highest BCUT2D eigenvalue weighted by atomic mass is 16.5. The normalized spacial score (nSPS) is 21.3. The topological polar surface area (TPSA) is 79.0 Å². The van der Waals surface area contributed by atoms with E-state index in [4.69, 9.17) is 4.74 Å². The number of hydrogen-bond acceptors (Lipinski definition) is 5. The second-order valence-corrected chi connectivity index (χ2v) is 6.71. The van der Waals surface area contributed by atoms with Crippen molar-refractivity contribution in [2.45, 2.75) is 18.9 Å². The van der Waals surface area contributed by atoms with E-state index in [0.717, 1.165) is 25.9 Å². The number of benzene rings is 1. The van der Waals surface area contributed by atoms with Gasteiger partial charge in [0.05, 0.1) is 13.7 Å². The summed E-state index contributed by atoms with van der Waals surface area (Å²) in [5.74, 6) is -0.681. The average Bonchev–Trinajstić information content (AvgIpc) is 2.73. The van der Waals surface area contributed by atoms with Gasteiger partial charge in [-0.15, -0.1) is 0 Å². The number of amides is 2. The van der Waals surface area contributed by atoms with E-state index in [2.05, 4.69) is 5.32 Å². The number of nitrogens with zero attached hydrogens (tertiary/aromatic N) is 2. The highest BCUT2D eigenvalue weighted by Gasteiger charge is 2.40. The molecule has 7 heteroatoms. The predicted molar refractivity (Wildman–Crippen MR) is 95.5 cm³/mol. The van der Waals surface area contributed by atoms with Crippen LogP contribution < -0.4 is 5.32 Å². The van der Waals surface area contributed by atoms with Crippen LogP contribution in [-0.2, 0) is 14.3 Å². The van der Waals surface area contributed by atoms with Crippen LogP contribution in [0.5, 0.6) is 0 Å². The highest BCUT2D eigenvalue weighted by Crippen LogP contribution is 2.21. The summed E-state index contributed by atoms with van der Waals surface area (Å²) in [4.78, 5) is 41.2. The number of carbonyl (C=O) groups is 3. The first-order valence-electron chi connectivity index (χ1n) is 9.05. The minimum atomic E-state index is -0.746. The molecular formula is C19H25N3O4. The van der Waals surface area contributed by atoms with Crippen LogP contribution >= 0.6 is 0 Å². The van der Waals surface area contributed by atoms with Crippen molar-refractivity contribution in [3.8, 4) is 0 Å². The zero-order valence-electron chi connectivity index (χ0n) is 15.0. The Labute approximate surface area is 153 Å². The predicted octanol–water partition coefficient (Wildman–Crippen LogP) is 0.512. The molecule has 0 radical (unpaired) electrons. The monoisotopic (exact) mass is 359 g/mol. The van der Waals surface area contributed by atoms with Gasteiger partial charge in [0.1, 0.15) is 6.04 Å². The summed E-state index contributed by atoms with van der Waals surface area (Å²) in [5, 5.41) is 3.24. The Hall–Kier alpha value is -2.41. The molecule has 7 nitrogen and oxygen atoms in total. The molecule has 0 unspecified atom stereocenters. The Balaban J connectivity index is 1.74. The molecule has 0 saturated carbocycles. The lowest BCUT2D eigenvalue weighted by Crippen LogP contribution is -2.61. The van der Waals surface area contributed by atoms with Crippen molar-refractivity contribution in [1.82, 2.24) is 15.1 Å². The number of piperazine rings is 1. The van der Waals surface area contributed by atoms with Gasteiger partial charge in [0, 0.05) is 24.6 Å². The van der Waals surface area contributed by atoms with Crippen molar-refractivity contribution in [2.24, 2.45) is 5.92 Å². The maximum Gasteiger partial charge on any atom is 0.330 e. The van der Waals surface area contributed by atoms with Crippen molar-refractivity contribution in [3.05, 3.63) is 35.9 Å². The fourth-order valence-corrected chi connectivity index (χ4v) is 3.64. The lowest BCUT2D eigenvalue weighted by atomic mass is 9.95. The third-order valence-electron chi connectivity index (χ3n) is 5.13. The number of methoxy groups -OCH3 is 1. The van der Waals surface area contributed by atoms with Gasteiger partial charge in [0.2, 0.25) is 5.91 Å². The second kappa shape index (κ2) is 8.31. The summed E-state index contributed by atoms with van der Waals surface area (Å²) in [7, 11) is 1.31. The van der Waals surface area contributed by atoms with Gasteiger partial charge >= 0.3 is 5.97 Å². The average molecular weight is 359 g/mol. The number of rotatable bonds is 3. The molecule has 0 aliphatic carbocycles. The van der Waals surface area contributed by atoms with Crippen molar-refractivity contribution >= 4 is 17.8 Å². The molecule has 26 heavy (non-hydrogen) atoms. The van der Waals surface area contributed by atoms with Crippen molar-refractivity contribution in [1.29, 1.82) is 0 Å². The third-order valence-corrected chi connectivity index (χ3v) is 5.13. The van der Waals surface area contributed by atoms with Crippen LogP contribution in [0.3, 0.4) is 0 Å². The van der Waals surface area contributed by atoms with Crippen LogP contribution in [0.25, 0.3) is 0 Å². The maximum atomic E-state index is 12.9. The van der Waals surface area contributed by atoms with Crippen LogP contribution in [0, 0.1) is 5.92 Å². The maximum absolute atomic E-state index is 12.9. The number of ether oxygens (including phenoxy) is 1. The van der Waals surface area contributed by atoms with Gasteiger partial charge in [-0.2, -0.15) is 0 Å². The molecule has 2 saturated heterocycles. The van der Waals surface area contributed by atoms with Crippen LogP contribution in [0.4, 0.5) is 0 Å². The number of hydrogen-bond donors (Lipinski definition) is 1. The molecular weight excluding hydrogens is 334 g/mol. The van der Waals surface area contributed by atoms with Crippen molar-refractivity contribution in [2.75, 3.05) is 39.8 Å². The number of nitrogens with one attached hydrogen (secondary N) is 1. The van der Waals surface area contributed by atoms with Gasteiger partial charge in [-0.05, 0) is 38.1 Å². The van der Waals surface area contributed by atoms with Gasteiger partial charge in [-0.25, -0.2) is 4.79 Å². The highest BCUT2D eigenvalue weighted by molar-refractivity contribution is 5.95. The molecule has 2 amide bonds. The van der Waals surface area contributed by atoms with Crippen LogP contribution in [0.1, 0.15) is 23.2 Å². The van der Waals surface area contributed by atoms with Crippen LogP contribution in [0.2, 0.25) is 0 Å². The third kappa shape index (κ3) is 3.88. The van der Waals surface area contributed by atoms with E-state index >= 15 is 0 Å². The van der Waals surface area contributed by atoms with E-state index < -0.39 is 12.0 Å². The number of esters is 1. The first kappa shape index (κ1) is 18.4. The summed E-state index contributed by atoms with van der Waals surface area (Å²) < 4.78 is 4.91. The number of piperidine rings is 1. The summed E-state index contributed by atoms with van der Waals surface area (Å²) in [6.07, 6.45) is 1.55. The van der Waals surface area contributed by atoms with E-state index in [-0.39, 0.29) is 24.3 Å². The Morgan fingerprint density at radius 1 is 1.08 bits per heavy atom. The van der Waals surface area contributed by atoms with Gasteiger partial charge < -0.3 is 19.9 Å². The molecule has 1 N–H and O–H groups in total. The first-order valence-corrected chi connectivity index (χ1v) is 9.05. The minimum Gasteiger partial charge on any atom is -0.467 e. The molecule has 140 valence electrons. The van der Waals surface area contributed by atoms with Gasteiger partial charge in [0.15, 0.2) is 0 Å². The van der Waals surface area contributed by atoms with Crippen molar-refractivity contribution in [3.63, 3.8) is 0 Å². The molecule has 2 aliphatic heterocycles. The smallest absolute Gasteiger partial charge is 0.330 e. The molecule has 1 atom stereocenters. The van der Waals surface area contributed by atoms with E-state index in [1.54, 1.807) is 21.9 Å². The Kier molecular flexibility index (Phi) is 5.88. The Morgan fingerprint density at radius 2 is 1.77 bits per heavy atom. The zero-order valence-corrected chi connectivity index (χ0v) is 15.0. The summed E-state index contributed by atoms with van der Waals surface area (Å²) in [6.45, 7) is 2.55. The lowest BCUT2D eigenvalue weighted by molar-refractivity contribution is -0.157. The Bertz CT molecular complexity index is 658. The fraction of sp³-hybridized carbons (Fsp3) is 0.526. The van der Waals surface area contributed by atoms with E-state index in [0.29, 0.717) is 18.7 Å². The Morgan fingerprint density at radius 3 is 2.42 bits per heavy atom. The van der Waals surface area contributed by atoms with E-state index in [1.165, 1.54) is 7.11 Å². The van der Waals surface area contributed by atoms with Crippen LogP contribution in [-0.4, -0.2) is 73.5 Å². The molecule has 3 rings (SSSR count). The summed E-state index contributed by atoms with van der Waals surface area (Å²) in [5.41, 5.74) is 0.578.